The smallest absolute Gasteiger partial charge is 0.168 e. The fourth-order valence-corrected chi connectivity index (χ4v) is 2.74. The van der Waals surface area contributed by atoms with Gasteiger partial charge in [0, 0.05) is 12.8 Å². The molecule has 1 aromatic carbocycles. The molecule has 2 N–H and O–H groups in total. The highest BCUT2D eigenvalue weighted by atomic mass is 32.2. The second kappa shape index (κ2) is 6.78. The largest absolute Gasteiger partial charge is 0.497 e. The average molecular weight is 294 g/mol. The molecule has 1 heterocycles. The highest BCUT2D eigenvalue weighted by Gasteiger charge is 2.12. The maximum Gasteiger partial charge on any atom is 0.168 e. The van der Waals surface area contributed by atoms with Crippen LogP contribution < -0.4 is 4.74 Å². The predicted molar refractivity (Wildman–Crippen MR) is 77.8 cm³/mol. The summed E-state index contributed by atoms with van der Waals surface area (Å²) in [6.07, 6.45) is 1.05. The highest BCUT2D eigenvalue weighted by Crippen LogP contribution is 2.26. The molecule has 0 aliphatic heterocycles. The second-order valence-electron chi connectivity index (χ2n) is 4.35. The Labute approximate surface area is 122 Å². The van der Waals surface area contributed by atoms with E-state index in [-0.39, 0.29) is 6.61 Å². The Balaban J connectivity index is 2.00. The molecule has 0 spiro atoms. The van der Waals surface area contributed by atoms with Crippen LogP contribution in [0.5, 0.6) is 5.75 Å². The van der Waals surface area contributed by atoms with Crippen molar-refractivity contribution in [2.45, 2.75) is 17.9 Å². The van der Waals surface area contributed by atoms with Gasteiger partial charge in [0.1, 0.15) is 5.75 Å². The van der Waals surface area contributed by atoms with E-state index in [0.717, 1.165) is 22.2 Å². The van der Waals surface area contributed by atoms with E-state index >= 15 is 0 Å². The van der Waals surface area contributed by atoms with Gasteiger partial charge < -0.3 is 19.5 Å². The Morgan fingerprint density at radius 2 is 2.25 bits per heavy atom. The summed E-state index contributed by atoms with van der Waals surface area (Å²) < 4.78 is 6.97. The van der Waals surface area contributed by atoms with Crippen molar-refractivity contribution in [2.75, 3.05) is 12.9 Å². The number of aliphatic hydroxyl groups is 2. The lowest BCUT2D eigenvalue weighted by Gasteiger charge is -2.12. The number of hydrogen-bond donors (Lipinski definition) is 2. The normalized spacial score (nSPS) is 12.4. The van der Waals surface area contributed by atoms with Crippen molar-refractivity contribution in [3.63, 3.8) is 0 Å². The first kappa shape index (κ1) is 14.9. The SMILES string of the molecule is COc1cccc(C(O)CSc2ncc(CO)n2C)c1. The Morgan fingerprint density at radius 1 is 1.45 bits per heavy atom. The fraction of sp³-hybridized carbons (Fsp3) is 0.357. The zero-order chi connectivity index (χ0) is 14.5. The first-order valence-corrected chi connectivity index (χ1v) is 7.20. The van der Waals surface area contributed by atoms with Crippen LogP contribution >= 0.6 is 11.8 Å². The molecule has 2 rings (SSSR count). The van der Waals surface area contributed by atoms with E-state index in [1.165, 1.54) is 11.8 Å². The number of nitrogens with zero attached hydrogens (tertiary/aromatic N) is 2. The number of benzene rings is 1. The lowest BCUT2D eigenvalue weighted by Crippen LogP contribution is -2.03. The molecule has 6 heteroatoms. The molecule has 20 heavy (non-hydrogen) atoms. The number of rotatable bonds is 6. The number of aliphatic hydroxyl groups excluding tert-OH is 2. The van der Waals surface area contributed by atoms with Crippen LogP contribution in [0.4, 0.5) is 0 Å². The van der Waals surface area contributed by atoms with E-state index in [1.807, 2.05) is 35.9 Å². The molecule has 1 aromatic heterocycles. The molecule has 0 amide bonds. The molecule has 0 aliphatic carbocycles. The third-order valence-corrected chi connectivity index (χ3v) is 4.17. The van der Waals surface area contributed by atoms with E-state index < -0.39 is 6.10 Å². The standard InChI is InChI=1S/C14H18N2O3S/c1-16-11(8-17)7-15-14(16)20-9-13(18)10-4-3-5-12(6-10)19-2/h3-7,13,17-18H,8-9H2,1-2H3. The summed E-state index contributed by atoms with van der Waals surface area (Å²) in [5, 5.41) is 20.1. The van der Waals surface area contributed by atoms with Gasteiger partial charge in [0.2, 0.25) is 0 Å². The second-order valence-corrected chi connectivity index (χ2v) is 5.34. The summed E-state index contributed by atoms with van der Waals surface area (Å²) in [6, 6.07) is 7.39. The average Bonchev–Trinajstić information content (AvgIpc) is 2.85. The highest BCUT2D eigenvalue weighted by molar-refractivity contribution is 7.99. The van der Waals surface area contributed by atoms with Gasteiger partial charge in [-0.25, -0.2) is 4.98 Å². The van der Waals surface area contributed by atoms with E-state index in [4.69, 9.17) is 9.84 Å². The Bertz CT molecular complexity index is 571. The number of aromatic nitrogens is 2. The van der Waals surface area contributed by atoms with Crippen LogP contribution in [-0.2, 0) is 13.7 Å². The molecule has 108 valence electrons. The fourth-order valence-electron chi connectivity index (χ4n) is 1.81. The lowest BCUT2D eigenvalue weighted by atomic mass is 10.1. The molecule has 0 aliphatic rings. The molecule has 0 bridgehead atoms. The van der Waals surface area contributed by atoms with Gasteiger partial charge in [-0.15, -0.1) is 0 Å². The zero-order valence-electron chi connectivity index (χ0n) is 11.5. The topological polar surface area (TPSA) is 67.5 Å². The van der Waals surface area contributed by atoms with Crippen molar-refractivity contribution >= 4 is 11.8 Å². The summed E-state index contributed by atoms with van der Waals surface area (Å²) in [6.45, 7) is -0.0392. The Kier molecular flexibility index (Phi) is 5.05. The maximum atomic E-state index is 10.2. The van der Waals surface area contributed by atoms with Crippen molar-refractivity contribution in [3.8, 4) is 5.75 Å². The third-order valence-electron chi connectivity index (χ3n) is 3.05. The summed E-state index contributed by atoms with van der Waals surface area (Å²) in [5.74, 6) is 1.22. The minimum atomic E-state index is -0.593. The molecular weight excluding hydrogens is 276 g/mol. The molecule has 0 radical (unpaired) electrons. The molecule has 2 aromatic rings. The summed E-state index contributed by atoms with van der Waals surface area (Å²) in [7, 11) is 3.45. The Hall–Kier alpha value is -1.50. The molecule has 1 atom stereocenters. The quantitative estimate of drug-likeness (QED) is 0.794. The van der Waals surface area contributed by atoms with Crippen molar-refractivity contribution < 1.29 is 14.9 Å². The van der Waals surface area contributed by atoms with Crippen molar-refractivity contribution in [1.82, 2.24) is 9.55 Å². The monoisotopic (exact) mass is 294 g/mol. The van der Waals surface area contributed by atoms with Crippen LogP contribution in [0, 0.1) is 0 Å². The van der Waals surface area contributed by atoms with Crippen LogP contribution in [-0.4, -0.2) is 32.6 Å². The minimum Gasteiger partial charge on any atom is -0.497 e. The first-order chi connectivity index (χ1) is 9.65. The van der Waals surface area contributed by atoms with Crippen molar-refractivity contribution in [1.29, 1.82) is 0 Å². The summed E-state index contributed by atoms with van der Waals surface area (Å²) in [5.41, 5.74) is 1.57. The van der Waals surface area contributed by atoms with Crippen molar-refractivity contribution in [2.24, 2.45) is 7.05 Å². The maximum absolute atomic E-state index is 10.2. The summed E-state index contributed by atoms with van der Waals surface area (Å²) >= 11 is 1.45. The Morgan fingerprint density at radius 3 is 2.90 bits per heavy atom. The molecular formula is C14H18N2O3S. The van der Waals surface area contributed by atoms with E-state index in [1.54, 1.807) is 13.3 Å². The third kappa shape index (κ3) is 3.33. The van der Waals surface area contributed by atoms with Gasteiger partial charge in [0.15, 0.2) is 5.16 Å². The van der Waals surface area contributed by atoms with Gasteiger partial charge in [-0.1, -0.05) is 23.9 Å². The summed E-state index contributed by atoms with van der Waals surface area (Å²) in [4.78, 5) is 4.22. The molecule has 0 fully saturated rings. The van der Waals surface area contributed by atoms with Crippen molar-refractivity contribution in [3.05, 3.63) is 41.7 Å². The van der Waals surface area contributed by atoms with Gasteiger partial charge in [-0.2, -0.15) is 0 Å². The number of imidazole rings is 1. The number of thioether (sulfide) groups is 1. The van der Waals surface area contributed by atoms with Gasteiger partial charge in [-0.05, 0) is 17.7 Å². The molecule has 0 saturated heterocycles. The van der Waals surface area contributed by atoms with Crippen LogP contribution in [0.2, 0.25) is 0 Å². The van der Waals surface area contributed by atoms with E-state index in [2.05, 4.69) is 4.98 Å². The molecule has 0 saturated carbocycles. The van der Waals surface area contributed by atoms with Crippen LogP contribution in [0.1, 0.15) is 17.4 Å². The van der Waals surface area contributed by atoms with Crippen LogP contribution in [0.15, 0.2) is 35.6 Å². The van der Waals surface area contributed by atoms with Crippen LogP contribution in [0.25, 0.3) is 0 Å². The zero-order valence-corrected chi connectivity index (χ0v) is 12.3. The van der Waals surface area contributed by atoms with Crippen LogP contribution in [0.3, 0.4) is 0 Å². The number of methoxy groups -OCH3 is 1. The number of ether oxygens (including phenoxy) is 1. The van der Waals surface area contributed by atoms with Gasteiger partial charge >= 0.3 is 0 Å². The first-order valence-electron chi connectivity index (χ1n) is 6.22. The molecule has 1 unspecified atom stereocenters. The number of hydrogen-bond acceptors (Lipinski definition) is 5. The van der Waals surface area contributed by atoms with E-state index in [0.29, 0.717) is 5.75 Å². The predicted octanol–water partition coefficient (Wildman–Crippen LogP) is 1.75. The minimum absolute atomic E-state index is 0.0392. The van der Waals surface area contributed by atoms with Gasteiger partial charge in [0.05, 0.1) is 31.7 Å². The van der Waals surface area contributed by atoms with Gasteiger partial charge in [-0.3, -0.25) is 0 Å². The van der Waals surface area contributed by atoms with E-state index in [9.17, 15) is 5.11 Å². The lowest BCUT2D eigenvalue weighted by molar-refractivity contribution is 0.203. The molecule has 5 nitrogen and oxygen atoms in total. The van der Waals surface area contributed by atoms with Gasteiger partial charge in [0.25, 0.3) is 0 Å².